The van der Waals surface area contributed by atoms with Crippen LogP contribution < -0.4 is 10.5 Å². The summed E-state index contributed by atoms with van der Waals surface area (Å²) in [6, 6.07) is 3.57. The predicted octanol–water partition coefficient (Wildman–Crippen LogP) is 2.14. The van der Waals surface area contributed by atoms with E-state index in [4.69, 9.17) is 22.7 Å². The van der Waals surface area contributed by atoms with Crippen LogP contribution in [0.4, 0.5) is 0 Å². The lowest BCUT2D eigenvalue weighted by atomic mass is 10.1. The van der Waals surface area contributed by atoms with Crippen LogP contribution in [0.25, 0.3) is 0 Å². The van der Waals surface area contributed by atoms with Crippen LogP contribution in [0.15, 0.2) is 18.3 Å². The highest BCUT2D eigenvalue weighted by atomic mass is 32.1. The summed E-state index contributed by atoms with van der Waals surface area (Å²) in [6.45, 7) is 5.03. The van der Waals surface area contributed by atoms with Crippen LogP contribution in [0.3, 0.4) is 0 Å². The van der Waals surface area contributed by atoms with Gasteiger partial charge in [0.05, 0.1) is 6.61 Å². The van der Waals surface area contributed by atoms with E-state index in [-0.39, 0.29) is 0 Å². The van der Waals surface area contributed by atoms with Crippen molar-refractivity contribution in [3.05, 3.63) is 24.0 Å². The molecule has 0 aliphatic carbocycles. The first-order valence-corrected chi connectivity index (χ1v) is 5.39. The molecule has 0 saturated heterocycles. The Morgan fingerprint density at radius 2 is 2.33 bits per heavy atom. The molecule has 4 heteroatoms. The lowest BCUT2D eigenvalue weighted by Crippen LogP contribution is -2.11. The third-order valence-corrected chi connectivity index (χ3v) is 2.16. The molecule has 0 aliphatic heterocycles. The number of hydrogen-bond donors (Lipinski definition) is 1. The highest BCUT2D eigenvalue weighted by molar-refractivity contribution is 7.80. The molecule has 0 saturated carbocycles. The number of nitrogens with two attached hydrogens (primary N) is 1. The van der Waals surface area contributed by atoms with E-state index in [1.54, 1.807) is 12.3 Å². The van der Waals surface area contributed by atoms with Gasteiger partial charge in [0.15, 0.2) is 0 Å². The van der Waals surface area contributed by atoms with Crippen LogP contribution >= 0.6 is 12.2 Å². The molecule has 1 rings (SSSR count). The number of pyridine rings is 1. The number of nitrogens with zero attached hydrogens (tertiary/aromatic N) is 1. The van der Waals surface area contributed by atoms with Crippen molar-refractivity contribution in [2.45, 2.75) is 20.3 Å². The van der Waals surface area contributed by atoms with Crippen molar-refractivity contribution in [3.8, 4) is 5.75 Å². The van der Waals surface area contributed by atoms with Gasteiger partial charge in [-0.25, -0.2) is 0 Å². The zero-order valence-electron chi connectivity index (χ0n) is 9.06. The third-order valence-electron chi connectivity index (χ3n) is 1.95. The molecule has 0 radical (unpaired) electrons. The van der Waals surface area contributed by atoms with Crippen LogP contribution in [0.2, 0.25) is 0 Å². The Labute approximate surface area is 95.7 Å². The molecule has 0 amide bonds. The smallest absolute Gasteiger partial charge is 0.123 e. The largest absolute Gasteiger partial charge is 0.493 e. The monoisotopic (exact) mass is 224 g/mol. The molecule has 1 aromatic rings. The molecule has 3 nitrogen and oxygen atoms in total. The van der Waals surface area contributed by atoms with Crippen molar-refractivity contribution >= 4 is 17.2 Å². The summed E-state index contributed by atoms with van der Waals surface area (Å²) >= 11 is 4.84. The zero-order chi connectivity index (χ0) is 11.3. The summed E-state index contributed by atoms with van der Waals surface area (Å²) in [7, 11) is 0. The summed E-state index contributed by atoms with van der Waals surface area (Å²) in [4.78, 5) is 4.33. The van der Waals surface area contributed by atoms with Gasteiger partial charge in [-0.15, -0.1) is 0 Å². The lowest BCUT2D eigenvalue weighted by Gasteiger charge is -2.08. The average molecular weight is 224 g/mol. The van der Waals surface area contributed by atoms with E-state index in [1.165, 1.54) is 0 Å². The van der Waals surface area contributed by atoms with Crippen molar-refractivity contribution in [2.75, 3.05) is 6.61 Å². The molecule has 1 aromatic heterocycles. The fourth-order valence-electron chi connectivity index (χ4n) is 1.05. The first-order chi connectivity index (χ1) is 7.09. The zero-order valence-corrected chi connectivity index (χ0v) is 9.88. The van der Waals surface area contributed by atoms with Crippen LogP contribution in [-0.4, -0.2) is 16.6 Å². The average Bonchev–Trinajstić information content (AvgIpc) is 2.17. The van der Waals surface area contributed by atoms with E-state index >= 15 is 0 Å². The Morgan fingerprint density at radius 1 is 1.60 bits per heavy atom. The van der Waals surface area contributed by atoms with Gasteiger partial charge in [-0.3, -0.25) is 4.98 Å². The number of hydrogen-bond acceptors (Lipinski definition) is 3. The second kappa shape index (κ2) is 5.66. The molecular weight excluding hydrogens is 208 g/mol. The quantitative estimate of drug-likeness (QED) is 0.778. The molecule has 0 spiro atoms. The number of rotatable bonds is 5. The number of aromatic nitrogens is 1. The molecule has 82 valence electrons. The van der Waals surface area contributed by atoms with Crippen molar-refractivity contribution in [1.82, 2.24) is 4.98 Å². The first kappa shape index (κ1) is 11.9. The molecule has 0 atom stereocenters. The minimum absolute atomic E-state index is 0.296. The van der Waals surface area contributed by atoms with Crippen LogP contribution in [0.1, 0.15) is 26.0 Å². The van der Waals surface area contributed by atoms with E-state index in [1.807, 2.05) is 6.07 Å². The molecule has 15 heavy (non-hydrogen) atoms. The highest BCUT2D eigenvalue weighted by Gasteiger charge is 2.01. The van der Waals surface area contributed by atoms with Crippen LogP contribution in [0, 0.1) is 5.92 Å². The predicted molar refractivity (Wildman–Crippen MR) is 65.1 cm³/mol. The molecule has 2 N–H and O–H groups in total. The van der Waals surface area contributed by atoms with Crippen LogP contribution in [0.5, 0.6) is 5.75 Å². The van der Waals surface area contributed by atoms with Crippen molar-refractivity contribution in [3.63, 3.8) is 0 Å². The third kappa shape index (κ3) is 4.25. The SMILES string of the molecule is CC(C)CCOc1ccnc(C(N)=S)c1. The summed E-state index contributed by atoms with van der Waals surface area (Å²) < 4.78 is 5.55. The van der Waals surface area contributed by atoms with Gasteiger partial charge in [-0.2, -0.15) is 0 Å². The molecule has 0 bridgehead atoms. The molecule has 1 heterocycles. The van der Waals surface area contributed by atoms with Crippen LogP contribution in [-0.2, 0) is 0 Å². The van der Waals surface area contributed by atoms with Gasteiger partial charge < -0.3 is 10.5 Å². The van der Waals surface area contributed by atoms with Gasteiger partial charge >= 0.3 is 0 Å². The normalized spacial score (nSPS) is 10.3. The Bertz CT molecular complexity index is 339. The van der Waals surface area contributed by atoms with Crippen molar-refractivity contribution in [1.29, 1.82) is 0 Å². The minimum atomic E-state index is 0.296. The number of ether oxygens (including phenoxy) is 1. The summed E-state index contributed by atoms with van der Waals surface area (Å²) in [5.41, 5.74) is 6.08. The van der Waals surface area contributed by atoms with Crippen molar-refractivity contribution < 1.29 is 4.74 Å². The molecule has 0 unspecified atom stereocenters. The Morgan fingerprint density at radius 3 is 2.93 bits per heavy atom. The van der Waals surface area contributed by atoms with Crippen molar-refractivity contribution in [2.24, 2.45) is 11.7 Å². The minimum Gasteiger partial charge on any atom is -0.493 e. The van der Waals surface area contributed by atoms with Gasteiger partial charge in [-0.1, -0.05) is 26.1 Å². The maximum Gasteiger partial charge on any atom is 0.123 e. The van der Waals surface area contributed by atoms with E-state index in [9.17, 15) is 0 Å². The fourth-order valence-corrected chi connectivity index (χ4v) is 1.16. The summed E-state index contributed by atoms with van der Waals surface area (Å²) in [5.74, 6) is 1.41. The topological polar surface area (TPSA) is 48.1 Å². The first-order valence-electron chi connectivity index (χ1n) is 4.98. The summed E-state index contributed by atoms with van der Waals surface area (Å²) in [6.07, 6.45) is 2.68. The molecule has 0 fully saturated rings. The summed E-state index contributed by atoms with van der Waals surface area (Å²) in [5, 5.41) is 0. The molecular formula is C11H16N2OS. The van der Waals surface area contributed by atoms with E-state index < -0.39 is 0 Å². The van der Waals surface area contributed by atoms with Gasteiger partial charge in [0.25, 0.3) is 0 Å². The van der Waals surface area contributed by atoms with Gasteiger partial charge in [-0.05, 0) is 18.4 Å². The molecule has 0 aromatic carbocycles. The van der Waals surface area contributed by atoms with E-state index in [0.29, 0.717) is 23.2 Å². The second-order valence-corrected chi connectivity index (χ2v) is 4.21. The Kier molecular flexibility index (Phi) is 4.49. The fraction of sp³-hybridized carbons (Fsp3) is 0.455. The Balaban J connectivity index is 2.54. The van der Waals surface area contributed by atoms with Gasteiger partial charge in [0.1, 0.15) is 16.4 Å². The van der Waals surface area contributed by atoms with Gasteiger partial charge in [0, 0.05) is 12.3 Å². The number of thiocarbonyl (C=S) groups is 1. The Hall–Kier alpha value is -1.16. The van der Waals surface area contributed by atoms with E-state index in [2.05, 4.69) is 18.8 Å². The lowest BCUT2D eigenvalue weighted by molar-refractivity contribution is 0.289. The maximum atomic E-state index is 5.55. The highest BCUT2D eigenvalue weighted by Crippen LogP contribution is 2.12. The molecule has 0 aliphatic rings. The standard InChI is InChI=1S/C11H16N2OS/c1-8(2)4-6-14-9-3-5-13-10(7-9)11(12)15/h3,5,7-8H,4,6H2,1-2H3,(H2,12,15). The van der Waals surface area contributed by atoms with Gasteiger partial charge in [0.2, 0.25) is 0 Å². The van der Waals surface area contributed by atoms with E-state index in [0.717, 1.165) is 12.2 Å². The second-order valence-electron chi connectivity index (χ2n) is 3.77. The maximum absolute atomic E-state index is 5.55.